The van der Waals surface area contributed by atoms with Crippen LogP contribution in [-0.2, 0) is 0 Å². The van der Waals surface area contributed by atoms with Gasteiger partial charge in [0, 0.05) is 27.7 Å². The molecule has 3 nitrogen and oxygen atoms in total. The van der Waals surface area contributed by atoms with E-state index in [1.165, 1.54) is 16.5 Å². The van der Waals surface area contributed by atoms with Crippen LogP contribution in [0.5, 0.6) is 0 Å². The van der Waals surface area contributed by atoms with Gasteiger partial charge < -0.3 is 0 Å². The van der Waals surface area contributed by atoms with Crippen LogP contribution in [-0.4, -0.2) is 15.0 Å². The highest BCUT2D eigenvalue weighted by molar-refractivity contribution is 6.10. The van der Waals surface area contributed by atoms with E-state index < -0.39 is 0 Å². The minimum Gasteiger partial charge on any atom is -0.258 e. The van der Waals surface area contributed by atoms with Gasteiger partial charge in [0.15, 0.2) is 0 Å². The molecule has 0 radical (unpaired) electrons. The van der Waals surface area contributed by atoms with Crippen LogP contribution in [0.25, 0.3) is 32.9 Å². The first kappa shape index (κ1) is 14.8. The van der Waals surface area contributed by atoms with E-state index in [0.29, 0.717) is 0 Å². The van der Waals surface area contributed by atoms with Gasteiger partial charge in [-0.2, -0.15) is 0 Å². The lowest BCUT2D eigenvalue weighted by atomic mass is 9.99. The van der Waals surface area contributed by atoms with Gasteiger partial charge in [0.25, 0.3) is 0 Å². The van der Waals surface area contributed by atoms with E-state index in [1.807, 2.05) is 13.8 Å². The lowest BCUT2D eigenvalue weighted by Crippen LogP contribution is -1.94. The zero-order valence-electron chi connectivity index (χ0n) is 14.4. The molecule has 0 saturated heterocycles. The van der Waals surface area contributed by atoms with Gasteiger partial charge in [-0.15, -0.1) is 0 Å². The number of rotatable bonds is 1. The molecule has 0 atom stereocenters. The lowest BCUT2D eigenvalue weighted by Gasteiger charge is -2.11. The third-order valence-electron chi connectivity index (χ3n) is 4.40. The van der Waals surface area contributed by atoms with Crippen LogP contribution in [0.1, 0.15) is 22.5 Å². The van der Waals surface area contributed by atoms with E-state index in [1.54, 1.807) is 6.33 Å². The highest BCUT2D eigenvalue weighted by Gasteiger charge is 2.12. The number of benzene rings is 2. The summed E-state index contributed by atoms with van der Waals surface area (Å²) in [5, 5.41) is 3.37. The molecule has 0 amide bonds. The van der Waals surface area contributed by atoms with Crippen molar-refractivity contribution in [3.63, 3.8) is 0 Å². The predicted molar refractivity (Wildman–Crippen MR) is 99.2 cm³/mol. The standard InChI is InChI=1S/C21H19N3/c1-12-7-13(2)9-17(8-12)20-18-6-5-16-10-14(3)24-15(4)19(16)21(18)23-11-22-20/h5-11H,1-4H3. The lowest BCUT2D eigenvalue weighted by molar-refractivity contribution is 1.15. The fourth-order valence-corrected chi connectivity index (χ4v) is 3.57. The molecule has 2 heterocycles. The molecule has 2 aromatic heterocycles. The number of fused-ring (bicyclic) bond motifs is 3. The summed E-state index contributed by atoms with van der Waals surface area (Å²) in [7, 11) is 0. The smallest absolute Gasteiger partial charge is 0.116 e. The minimum atomic E-state index is 0.974. The molecule has 0 N–H and O–H groups in total. The van der Waals surface area contributed by atoms with Crippen LogP contribution in [0.15, 0.2) is 42.7 Å². The summed E-state index contributed by atoms with van der Waals surface area (Å²) in [6.07, 6.45) is 1.66. The largest absolute Gasteiger partial charge is 0.258 e. The van der Waals surface area contributed by atoms with Crippen molar-refractivity contribution in [1.82, 2.24) is 15.0 Å². The molecule has 4 rings (SSSR count). The van der Waals surface area contributed by atoms with Crippen molar-refractivity contribution in [1.29, 1.82) is 0 Å². The molecule has 4 aromatic rings. The van der Waals surface area contributed by atoms with Gasteiger partial charge in [0.2, 0.25) is 0 Å². The van der Waals surface area contributed by atoms with E-state index in [9.17, 15) is 0 Å². The van der Waals surface area contributed by atoms with Gasteiger partial charge >= 0.3 is 0 Å². The molecule has 24 heavy (non-hydrogen) atoms. The van der Waals surface area contributed by atoms with Crippen LogP contribution in [0.2, 0.25) is 0 Å². The van der Waals surface area contributed by atoms with Crippen molar-refractivity contribution < 1.29 is 0 Å². The second-order valence-electron chi connectivity index (χ2n) is 6.51. The molecule has 0 saturated carbocycles. The summed E-state index contributed by atoms with van der Waals surface area (Å²) in [6, 6.07) is 12.9. The molecule has 0 fully saturated rings. The van der Waals surface area contributed by atoms with Crippen molar-refractivity contribution in [2.45, 2.75) is 27.7 Å². The van der Waals surface area contributed by atoms with Gasteiger partial charge in [0.05, 0.1) is 11.2 Å². The molecule has 0 unspecified atom stereocenters. The first-order valence-electron chi connectivity index (χ1n) is 8.13. The Hall–Kier alpha value is -2.81. The molecule has 118 valence electrons. The molecule has 0 aliphatic rings. The van der Waals surface area contributed by atoms with E-state index in [-0.39, 0.29) is 0 Å². The van der Waals surface area contributed by atoms with Crippen molar-refractivity contribution in [3.8, 4) is 11.3 Å². The Bertz CT molecular complexity index is 1080. The van der Waals surface area contributed by atoms with Gasteiger partial charge in [0.1, 0.15) is 6.33 Å². The number of hydrogen-bond acceptors (Lipinski definition) is 3. The Labute approximate surface area is 141 Å². The summed E-state index contributed by atoms with van der Waals surface area (Å²) in [4.78, 5) is 13.8. The number of hydrogen-bond donors (Lipinski definition) is 0. The van der Waals surface area contributed by atoms with Crippen LogP contribution >= 0.6 is 0 Å². The predicted octanol–water partition coefficient (Wildman–Crippen LogP) is 5.08. The van der Waals surface area contributed by atoms with Crippen molar-refractivity contribution in [2.24, 2.45) is 0 Å². The van der Waals surface area contributed by atoms with Gasteiger partial charge in [-0.1, -0.05) is 23.3 Å². The van der Waals surface area contributed by atoms with E-state index in [2.05, 4.69) is 65.2 Å². The molecule has 0 bridgehead atoms. The monoisotopic (exact) mass is 313 g/mol. The zero-order valence-corrected chi connectivity index (χ0v) is 14.4. The van der Waals surface area contributed by atoms with Crippen molar-refractivity contribution in [2.75, 3.05) is 0 Å². The van der Waals surface area contributed by atoms with Gasteiger partial charge in [-0.3, -0.25) is 4.98 Å². The maximum Gasteiger partial charge on any atom is 0.116 e. The highest BCUT2D eigenvalue weighted by Crippen LogP contribution is 2.32. The normalized spacial score (nSPS) is 11.3. The van der Waals surface area contributed by atoms with Crippen LogP contribution in [0.4, 0.5) is 0 Å². The zero-order chi connectivity index (χ0) is 16.8. The fraction of sp³-hybridized carbons (Fsp3) is 0.190. The molecule has 3 heteroatoms. The summed E-state index contributed by atoms with van der Waals surface area (Å²) < 4.78 is 0. The molecule has 2 aromatic carbocycles. The Morgan fingerprint density at radius 1 is 0.792 bits per heavy atom. The fourth-order valence-electron chi connectivity index (χ4n) is 3.57. The minimum absolute atomic E-state index is 0.974. The number of nitrogens with zero attached hydrogens (tertiary/aromatic N) is 3. The molecule has 0 spiro atoms. The van der Waals surface area contributed by atoms with E-state index >= 15 is 0 Å². The van der Waals surface area contributed by atoms with Crippen molar-refractivity contribution >= 4 is 21.7 Å². The Morgan fingerprint density at radius 3 is 2.29 bits per heavy atom. The summed E-state index contributed by atoms with van der Waals surface area (Å²) in [5.74, 6) is 0. The molecule has 0 aliphatic heterocycles. The summed E-state index contributed by atoms with van der Waals surface area (Å²) in [6.45, 7) is 8.31. The topological polar surface area (TPSA) is 38.7 Å². The second-order valence-corrected chi connectivity index (χ2v) is 6.51. The van der Waals surface area contributed by atoms with Crippen LogP contribution < -0.4 is 0 Å². The first-order valence-corrected chi connectivity index (χ1v) is 8.13. The summed E-state index contributed by atoms with van der Waals surface area (Å²) in [5.41, 5.74) is 7.62. The van der Waals surface area contributed by atoms with E-state index in [4.69, 9.17) is 0 Å². The molecular formula is C21H19N3. The third kappa shape index (κ3) is 2.33. The second kappa shape index (κ2) is 5.38. The Morgan fingerprint density at radius 2 is 1.54 bits per heavy atom. The van der Waals surface area contributed by atoms with E-state index in [0.717, 1.165) is 38.9 Å². The third-order valence-corrected chi connectivity index (χ3v) is 4.40. The molecular weight excluding hydrogens is 294 g/mol. The number of aromatic nitrogens is 3. The van der Waals surface area contributed by atoms with Gasteiger partial charge in [-0.25, -0.2) is 9.97 Å². The number of aryl methyl sites for hydroxylation is 4. The van der Waals surface area contributed by atoms with Crippen molar-refractivity contribution in [3.05, 3.63) is 65.2 Å². The SMILES string of the molecule is Cc1cc(C)cc(-c2ncnc3c2ccc2cc(C)nc(C)c23)c1. The van der Waals surface area contributed by atoms with Crippen LogP contribution in [0, 0.1) is 27.7 Å². The maximum atomic E-state index is 4.62. The average Bonchev–Trinajstić information content (AvgIpc) is 2.52. The highest BCUT2D eigenvalue weighted by atomic mass is 14.8. The first-order chi connectivity index (χ1) is 11.5. The Balaban J connectivity index is 2.10. The summed E-state index contributed by atoms with van der Waals surface area (Å²) >= 11 is 0. The molecule has 0 aliphatic carbocycles. The average molecular weight is 313 g/mol. The van der Waals surface area contributed by atoms with Gasteiger partial charge in [-0.05, 0) is 57.3 Å². The quantitative estimate of drug-likeness (QED) is 0.460. The number of pyridine rings is 1. The maximum absolute atomic E-state index is 4.62. The Kier molecular flexibility index (Phi) is 3.31. The van der Waals surface area contributed by atoms with Crippen LogP contribution in [0.3, 0.4) is 0 Å².